The largest absolute Gasteiger partial charge is 0.367 e. The molecule has 1 aromatic rings. The molecule has 0 aliphatic carbocycles. The van der Waals surface area contributed by atoms with Gasteiger partial charge in [0.2, 0.25) is 0 Å². The van der Waals surface area contributed by atoms with E-state index in [1.165, 1.54) is 5.56 Å². The van der Waals surface area contributed by atoms with Crippen LogP contribution in [-0.2, 0) is 10.3 Å². The summed E-state index contributed by atoms with van der Waals surface area (Å²) >= 11 is 0. The fourth-order valence-electron chi connectivity index (χ4n) is 2.75. The predicted octanol–water partition coefficient (Wildman–Crippen LogP) is 2.18. The number of hydrogen-bond donors (Lipinski definition) is 1. The maximum Gasteiger partial charge on any atom is 0.160 e. The molecule has 1 fully saturated rings. The van der Waals surface area contributed by atoms with E-state index in [1.54, 1.807) is 0 Å². The second-order valence-corrected chi connectivity index (χ2v) is 5.45. The summed E-state index contributed by atoms with van der Waals surface area (Å²) in [4.78, 5) is 9.33. The normalized spacial score (nSPS) is 25.4. The smallest absolute Gasteiger partial charge is 0.160 e. The standard InChI is InChI=1S/C14H23N3O/c1-9(8-15)12-10(2)16-13(17-11(12)3)14(4)6-5-7-18-14/h9H,5-8,15H2,1-4H3. The van der Waals surface area contributed by atoms with Crippen LogP contribution in [0.25, 0.3) is 0 Å². The average molecular weight is 249 g/mol. The minimum absolute atomic E-state index is 0.302. The van der Waals surface area contributed by atoms with E-state index in [-0.39, 0.29) is 5.60 Å². The Kier molecular flexibility index (Phi) is 3.69. The van der Waals surface area contributed by atoms with Gasteiger partial charge in [-0.2, -0.15) is 0 Å². The quantitative estimate of drug-likeness (QED) is 0.892. The molecule has 2 atom stereocenters. The van der Waals surface area contributed by atoms with Crippen LogP contribution in [0.5, 0.6) is 0 Å². The molecule has 1 aromatic heterocycles. The van der Waals surface area contributed by atoms with Crippen molar-refractivity contribution in [2.24, 2.45) is 5.73 Å². The zero-order valence-corrected chi connectivity index (χ0v) is 11.8. The summed E-state index contributed by atoms with van der Waals surface area (Å²) in [6.07, 6.45) is 2.08. The van der Waals surface area contributed by atoms with Gasteiger partial charge in [0.1, 0.15) is 5.60 Å². The molecule has 1 aliphatic heterocycles. The Bertz CT molecular complexity index is 416. The Balaban J connectivity index is 2.42. The number of aryl methyl sites for hydroxylation is 2. The van der Waals surface area contributed by atoms with Crippen LogP contribution in [0, 0.1) is 13.8 Å². The lowest BCUT2D eigenvalue weighted by Gasteiger charge is -2.24. The van der Waals surface area contributed by atoms with E-state index in [0.717, 1.165) is 36.7 Å². The van der Waals surface area contributed by atoms with Gasteiger partial charge in [-0.05, 0) is 51.6 Å². The van der Waals surface area contributed by atoms with E-state index in [1.807, 2.05) is 13.8 Å². The van der Waals surface area contributed by atoms with Crippen LogP contribution in [0.1, 0.15) is 55.4 Å². The van der Waals surface area contributed by atoms with Crippen molar-refractivity contribution in [3.63, 3.8) is 0 Å². The average Bonchev–Trinajstić information content (AvgIpc) is 2.76. The summed E-state index contributed by atoms with van der Waals surface area (Å²) in [5.74, 6) is 1.12. The molecule has 2 N–H and O–H groups in total. The van der Waals surface area contributed by atoms with Crippen molar-refractivity contribution in [3.8, 4) is 0 Å². The third-order valence-electron chi connectivity index (χ3n) is 3.86. The lowest BCUT2D eigenvalue weighted by atomic mass is 9.96. The molecule has 4 nitrogen and oxygen atoms in total. The first kappa shape index (κ1) is 13.4. The Hall–Kier alpha value is -1.00. The van der Waals surface area contributed by atoms with E-state index in [2.05, 4.69) is 23.8 Å². The van der Waals surface area contributed by atoms with Crippen LogP contribution >= 0.6 is 0 Å². The second-order valence-electron chi connectivity index (χ2n) is 5.45. The van der Waals surface area contributed by atoms with Gasteiger partial charge in [-0.15, -0.1) is 0 Å². The molecule has 0 radical (unpaired) electrons. The molecule has 2 heterocycles. The van der Waals surface area contributed by atoms with E-state index >= 15 is 0 Å². The third kappa shape index (κ3) is 2.27. The zero-order valence-electron chi connectivity index (χ0n) is 11.8. The minimum Gasteiger partial charge on any atom is -0.367 e. The van der Waals surface area contributed by atoms with Crippen LogP contribution in [0.15, 0.2) is 0 Å². The van der Waals surface area contributed by atoms with Gasteiger partial charge in [-0.1, -0.05) is 6.92 Å². The predicted molar refractivity (Wildman–Crippen MR) is 71.5 cm³/mol. The Morgan fingerprint density at radius 2 is 1.94 bits per heavy atom. The van der Waals surface area contributed by atoms with Gasteiger partial charge in [0.15, 0.2) is 5.82 Å². The molecule has 0 spiro atoms. The highest BCUT2D eigenvalue weighted by molar-refractivity contribution is 5.29. The molecular formula is C14H23N3O. The molecule has 1 aliphatic rings. The molecule has 1 saturated heterocycles. The van der Waals surface area contributed by atoms with E-state index in [4.69, 9.17) is 10.5 Å². The summed E-state index contributed by atoms with van der Waals surface area (Å²) in [5, 5.41) is 0. The summed E-state index contributed by atoms with van der Waals surface area (Å²) < 4.78 is 5.81. The van der Waals surface area contributed by atoms with Crippen molar-refractivity contribution in [3.05, 3.63) is 22.8 Å². The SMILES string of the molecule is Cc1nc(C2(C)CCCO2)nc(C)c1C(C)CN. The lowest BCUT2D eigenvalue weighted by molar-refractivity contribution is 0.00900. The van der Waals surface area contributed by atoms with Crippen molar-refractivity contribution in [2.75, 3.05) is 13.2 Å². The molecule has 0 amide bonds. The van der Waals surface area contributed by atoms with Crippen LogP contribution in [0.3, 0.4) is 0 Å². The first-order valence-electron chi connectivity index (χ1n) is 6.67. The van der Waals surface area contributed by atoms with Crippen molar-refractivity contribution in [1.82, 2.24) is 9.97 Å². The molecule has 100 valence electrons. The number of rotatable bonds is 3. The molecule has 0 bridgehead atoms. The molecule has 2 unspecified atom stereocenters. The molecule has 0 saturated carbocycles. The number of nitrogens with two attached hydrogens (primary N) is 1. The first-order valence-corrected chi connectivity index (χ1v) is 6.67. The maximum atomic E-state index is 5.81. The molecule has 2 rings (SSSR count). The third-order valence-corrected chi connectivity index (χ3v) is 3.86. The highest BCUT2D eigenvalue weighted by Crippen LogP contribution is 2.34. The minimum atomic E-state index is -0.306. The van der Waals surface area contributed by atoms with Crippen LogP contribution in [-0.4, -0.2) is 23.1 Å². The van der Waals surface area contributed by atoms with Gasteiger partial charge >= 0.3 is 0 Å². The first-order chi connectivity index (χ1) is 8.48. The monoisotopic (exact) mass is 249 g/mol. The van der Waals surface area contributed by atoms with Crippen molar-refractivity contribution in [2.45, 2.75) is 52.1 Å². The number of aromatic nitrogens is 2. The topological polar surface area (TPSA) is 61.0 Å². The van der Waals surface area contributed by atoms with E-state index < -0.39 is 0 Å². The van der Waals surface area contributed by atoms with Crippen molar-refractivity contribution in [1.29, 1.82) is 0 Å². The van der Waals surface area contributed by atoms with Crippen LogP contribution in [0.4, 0.5) is 0 Å². The van der Waals surface area contributed by atoms with Crippen LogP contribution in [0.2, 0.25) is 0 Å². The summed E-state index contributed by atoms with van der Waals surface area (Å²) in [6.45, 7) is 9.71. The van der Waals surface area contributed by atoms with Crippen molar-refractivity contribution < 1.29 is 4.74 Å². The highest BCUT2D eigenvalue weighted by Gasteiger charge is 2.35. The van der Waals surface area contributed by atoms with Crippen molar-refractivity contribution >= 4 is 0 Å². The molecule has 18 heavy (non-hydrogen) atoms. The molecule has 0 aromatic carbocycles. The Morgan fingerprint density at radius 1 is 1.33 bits per heavy atom. The number of hydrogen-bond acceptors (Lipinski definition) is 4. The summed E-state index contributed by atoms with van der Waals surface area (Å²) in [7, 11) is 0. The molecule has 4 heteroatoms. The zero-order chi connectivity index (χ0) is 13.3. The van der Waals surface area contributed by atoms with Gasteiger partial charge in [0, 0.05) is 18.0 Å². The second kappa shape index (κ2) is 4.94. The van der Waals surface area contributed by atoms with Gasteiger partial charge in [-0.3, -0.25) is 0 Å². The van der Waals surface area contributed by atoms with E-state index in [9.17, 15) is 0 Å². The Morgan fingerprint density at radius 3 is 2.39 bits per heavy atom. The fraction of sp³-hybridized carbons (Fsp3) is 0.714. The maximum absolute atomic E-state index is 5.81. The lowest BCUT2D eigenvalue weighted by Crippen LogP contribution is -2.25. The fourth-order valence-corrected chi connectivity index (χ4v) is 2.75. The van der Waals surface area contributed by atoms with Gasteiger partial charge in [0.25, 0.3) is 0 Å². The van der Waals surface area contributed by atoms with Gasteiger partial charge in [0.05, 0.1) is 0 Å². The Labute approximate surface area is 109 Å². The summed E-state index contributed by atoms with van der Waals surface area (Å²) in [5.41, 5.74) is 8.69. The van der Waals surface area contributed by atoms with E-state index in [0.29, 0.717) is 12.5 Å². The van der Waals surface area contributed by atoms with Gasteiger partial charge in [-0.25, -0.2) is 9.97 Å². The number of ether oxygens (including phenoxy) is 1. The number of nitrogens with zero attached hydrogens (tertiary/aromatic N) is 2. The molecular weight excluding hydrogens is 226 g/mol. The highest BCUT2D eigenvalue weighted by atomic mass is 16.5. The summed E-state index contributed by atoms with van der Waals surface area (Å²) in [6, 6.07) is 0. The van der Waals surface area contributed by atoms with Gasteiger partial charge < -0.3 is 10.5 Å². The van der Waals surface area contributed by atoms with Crippen LogP contribution < -0.4 is 5.73 Å².